The van der Waals surface area contributed by atoms with Gasteiger partial charge in [0.2, 0.25) is 5.91 Å². The van der Waals surface area contributed by atoms with Crippen molar-refractivity contribution in [1.29, 1.82) is 0 Å². The van der Waals surface area contributed by atoms with Crippen LogP contribution in [0.15, 0.2) is 29.6 Å². The number of hydrogen-bond donors (Lipinski definition) is 2. The number of pyridine rings is 1. The van der Waals surface area contributed by atoms with E-state index in [-0.39, 0.29) is 18.2 Å². The molecule has 1 heterocycles. The molecule has 138 valence electrons. The van der Waals surface area contributed by atoms with Crippen molar-refractivity contribution in [1.82, 2.24) is 15.7 Å². The summed E-state index contributed by atoms with van der Waals surface area (Å²) in [5.41, 5.74) is 3.54. The summed E-state index contributed by atoms with van der Waals surface area (Å²) >= 11 is 0. The molecule has 0 unspecified atom stereocenters. The zero-order valence-corrected chi connectivity index (χ0v) is 15.1. The molecule has 0 radical (unpaired) electrons. The van der Waals surface area contributed by atoms with Gasteiger partial charge in [-0.15, -0.1) is 0 Å². The Balaban J connectivity index is 1.28. The Labute approximate surface area is 153 Å². The summed E-state index contributed by atoms with van der Waals surface area (Å²) in [5.74, 6) is 2.82. The predicted octanol–water partition coefficient (Wildman–Crippen LogP) is 2.52. The summed E-state index contributed by atoms with van der Waals surface area (Å²) in [6.07, 6.45) is 9.86. The van der Waals surface area contributed by atoms with E-state index in [0.717, 1.165) is 11.8 Å². The maximum atomic E-state index is 12.4. The Morgan fingerprint density at radius 1 is 1.15 bits per heavy atom. The summed E-state index contributed by atoms with van der Waals surface area (Å²) in [6, 6.07) is 3.71. The van der Waals surface area contributed by atoms with Crippen molar-refractivity contribution in [2.24, 2.45) is 28.8 Å². The average molecular weight is 354 g/mol. The van der Waals surface area contributed by atoms with Crippen LogP contribution in [0.25, 0.3) is 0 Å². The number of rotatable bonds is 5. The van der Waals surface area contributed by atoms with Crippen molar-refractivity contribution in [3.05, 3.63) is 30.1 Å². The van der Waals surface area contributed by atoms with Gasteiger partial charge in [0.05, 0.1) is 12.0 Å². The molecule has 4 saturated carbocycles. The number of carbonyl (C=O) groups excluding carboxylic acids is 2. The number of nitrogens with one attached hydrogen (secondary N) is 2. The molecule has 4 aliphatic rings. The van der Waals surface area contributed by atoms with Gasteiger partial charge in [0.1, 0.15) is 0 Å². The van der Waals surface area contributed by atoms with Gasteiger partial charge in [0.15, 0.2) is 0 Å². The van der Waals surface area contributed by atoms with Gasteiger partial charge in [-0.05, 0) is 74.8 Å². The summed E-state index contributed by atoms with van der Waals surface area (Å²) in [5, 5.41) is 7.32. The molecule has 2 amide bonds. The van der Waals surface area contributed by atoms with E-state index in [4.69, 9.17) is 0 Å². The van der Waals surface area contributed by atoms with Gasteiger partial charge in [-0.25, -0.2) is 5.43 Å². The smallest absolute Gasteiger partial charge is 0.272 e. The molecular formula is C20H26N4O2. The van der Waals surface area contributed by atoms with Crippen molar-refractivity contribution in [3.63, 3.8) is 0 Å². The topological polar surface area (TPSA) is 83.5 Å². The van der Waals surface area contributed by atoms with Crippen molar-refractivity contribution in [3.8, 4) is 0 Å². The molecule has 0 aromatic carbocycles. The molecule has 0 saturated heterocycles. The molecular weight excluding hydrogens is 328 g/mol. The molecule has 6 nitrogen and oxygen atoms in total. The molecule has 4 aliphatic carbocycles. The number of nitrogens with zero attached hydrogens (tertiary/aromatic N) is 2. The van der Waals surface area contributed by atoms with Crippen LogP contribution < -0.4 is 10.7 Å². The molecule has 0 aliphatic heterocycles. The molecule has 26 heavy (non-hydrogen) atoms. The van der Waals surface area contributed by atoms with Crippen molar-refractivity contribution in [2.75, 3.05) is 0 Å². The van der Waals surface area contributed by atoms with Crippen molar-refractivity contribution >= 4 is 17.5 Å². The third-order valence-corrected chi connectivity index (χ3v) is 6.24. The summed E-state index contributed by atoms with van der Waals surface area (Å²) < 4.78 is 0. The number of hydrogen-bond acceptors (Lipinski definition) is 4. The Bertz CT molecular complexity index is 688. The maximum Gasteiger partial charge on any atom is 0.272 e. The first-order valence-electron chi connectivity index (χ1n) is 9.61. The van der Waals surface area contributed by atoms with Gasteiger partial charge in [-0.2, -0.15) is 5.10 Å². The second kappa shape index (κ2) is 7.17. The van der Waals surface area contributed by atoms with E-state index in [1.54, 1.807) is 25.3 Å². The van der Waals surface area contributed by atoms with Crippen LogP contribution in [0.3, 0.4) is 0 Å². The zero-order chi connectivity index (χ0) is 18.1. The largest absolute Gasteiger partial charge is 0.352 e. The van der Waals surface area contributed by atoms with E-state index >= 15 is 0 Å². The highest BCUT2D eigenvalue weighted by Crippen LogP contribution is 2.53. The van der Waals surface area contributed by atoms with Gasteiger partial charge in [0, 0.05) is 24.1 Å². The van der Waals surface area contributed by atoms with Crippen LogP contribution in [0.2, 0.25) is 0 Å². The van der Waals surface area contributed by atoms with E-state index in [0.29, 0.717) is 29.2 Å². The van der Waals surface area contributed by atoms with Crippen LogP contribution >= 0.6 is 0 Å². The van der Waals surface area contributed by atoms with Crippen LogP contribution in [0, 0.1) is 23.7 Å². The van der Waals surface area contributed by atoms with E-state index in [9.17, 15) is 9.59 Å². The minimum absolute atomic E-state index is 0.0133. The number of carbonyl (C=O) groups is 2. The highest BCUT2D eigenvalue weighted by Gasteiger charge is 2.48. The van der Waals surface area contributed by atoms with E-state index < -0.39 is 0 Å². The van der Waals surface area contributed by atoms with Crippen LogP contribution in [0.1, 0.15) is 55.8 Å². The van der Waals surface area contributed by atoms with Gasteiger partial charge in [0.25, 0.3) is 5.91 Å². The van der Waals surface area contributed by atoms with Gasteiger partial charge in [-0.3, -0.25) is 14.6 Å². The maximum absolute atomic E-state index is 12.4. The first kappa shape index (κ1) is 17.2. The Hall–Kier alpha value is -2.24. The second-order valence-electron chi connectivity index (χ2n) is 8.23. The number of hydrazone groups is 1. The fourth-order valence-corrected chi connectivity index (χ4v) is 5.38. The fourth-order valence-electron chi connectivity index (χ4n) is 5.38. The first-order valence-corrected chi connectivity index (χ1v) is 9.61. The van der Waals surface area contributed by atoms with Crippen LogP contribution in [-0.4, -0.2) is 28.6 Å². The van der Waals surface area contributed by atoms with Crippen molar-refractivity contribution in [2.45, 2.75) is 51.5 Å². The van der Waals surface area contributed by atoms with Crippen molar-refractivity contribution < 1.29 is 9.59 Å². The fraction of sp³-hybridized carbons (Fsp3) is 0.600. The molecule has 1 aromatic rings. The molecule has 4 bridgehead atoms. The lowest BCUT2D eigenvalue weighted by Gasteiger charge is -2.54. The van der Waals surface area contributed by atoms with Crippen LogP contribution in [0.5, 0.6) is 0 Å². The monoisotopic (exact) mass is 354 g/mol. The average Bonchev–Trinajstić information content (AvgIpc) is 2.63. The van der Waals surface area contributed by atoms with E-state index in [1.807, 2.05) is 0 Å². The predicted molar refractivity (Wildman–Crippen MR) is 98.4 cm³/mol. The summed E-state index contributed by atoms with van der Waals surface area (Å²) in [7, 11) is 0. The lowest BCUT2D eigenvalue weighted by Crippen LogP contribution is -2.56. The van der Waals surface area contributed by atoms with Crippen LogP contribution in [-0.2, 0) is 4.79 Å². The molecule has 4 fully saturated rings. The third-order valence-electron chi connectivity index (χ3n) is 6.24. The molecule has 0 spiro atoms. The Morgan fingerprint density at radius 3 is 2.46 bits per heavy atom. The normalized spacial score (nSPS) is 32.3. The Morgan fingerprint density at radius 2 is 1.85 bits per heavy atom. The number of amides is 2. The lowest BCUT2D eigenvalue weighted by molar-refractivity contribution is -0.123. The molecule has 5 rings (SSSR count). The summed E-state index contributed by atoms with van der Waals surface area (Å²) in [6.45, 7) is 1.76. The lowest BCUT2D eigenvalue weighted by atomic mass is 9.54. The SMILES string of the molecule is C/C(CC(=O)NC1C2CC3CC(C2)CC1C3)=N\NC(=O)c1cccnc1. The quantitative estimate of drug-likeness (QED) is 0.629. The van der Waals surface area contributed by atoms with E-state index in [1.165, 1.54) is 38.3 Å². The number of aromatic nitrogens is 1. The minimum atomic E-state index is -0.320. The molecule has 2 N–H and O–H groups in total. The van der Waals surface area contributed by atoms with Gasteiger partial charge < -0.3 is 5.32 Å². The third kappa shape index (κ3) is 3.64. The molecule has 0 atom stereocenters. The Kier molecular flexibility index (Phi) is 4.74. The highest BCUT2D eigenvalue weighted by atomic mass is 16.2. The van der Waals surface area contributed by atoms with Gasteiger partial charge in [-0.1, -0.05) is 0 Å². The molecule has 1 aromatic heterocycles. The second-order valence-corrected chi connectivity index (χ2v) is 8.23. The van der Waals surface area contributed by atoms with E-state index in [2.05, 4.69) is 20.8 Å². The zero-order valence-electron chi connectivity index (χ0n) is 15.1. The van der Waals surface area contributed by atoms with Gasteiger partial charge >= 0.3 is 0 Å². The standard InChI is InChI=1S/C20H26N4O2/c1-12(23-24-20(26)15-3-2-4-21-11-15)5-18(25)22-19-16-7-13-6-14(9-16)10-17(19)8-13/h2-4,11,13-14,16-17,19H,5-10H2,1H3,(H,22,25)(H,24,26)/b23-12+. The van der Waals surface area contributed by atoms with Crippen LogP contribution in [0.4, 0.5) is 0 Å². The molecule has 6 heteroatoms. The highest BCUT2D eigenvalue weighted by molar-refractivity contribution is 6.01. The minimum Gasteiger partial charge on any atom is -0.352 e. The summed E-state index contributed by atoms with van der Waals surface area (Å²) in [4.78, 5) is 28.3. The first-order chi connectivity index (χ1) is 12.6.